The van der Waals surface area contributed by atoms with Gasteiger partial charge < -0.3 is 29.2 Å². The molecular weight excluding hydrogens is 218 g/mol. The average molecular weight is 230 g/mol. The third-order valence-corrected chi connectivity index (χ3v) is 1.64. The quantitative estimate of drug-likeness (QED) is 0.346. The second kappa shape index (κ2) is 7.03. The third-order valence-electron chi connectivity index (χ3n) is 1.64. The van der Waals surface area contributed by atoms with Gasteiger partial charge in [-0.15, -0.1) is 0 Å². The molecule has 0 radical (unpaired) electrons. The Morgan fingerprint density at radius 1 is 0.941 bits per heavy atom. The minimum Gasteiger partial charge on any atom is -0.614 e. The van der Waals surface area contributed by atoms with Crippen LogP contribution in [0.15, 0.2) is 23.4 Å². The van der Waals surface area contributed by atoms with Gasteiger partial charge in [0.1, 0.15) is 0 Å². The zero-order valence-electron chi connectivity index (χ0n) is 10.9. The van der Waals surface area contributed by atoms with Gasteiger partial charge in [0.05, 0.1) is 11.9 Å². The largest absolute Gasteiger partial charge is 1.00 e. The van der Waals surface area contributed by atoms with E-state index in [4.69, 9.17) is 9.47 Å². The van der Waals surface area contributed by atoms with Gasteiger partial charge in [-0.25, -0.2) is 0 Å². The van der Waals surface area contributed by atoms with Gasteiger partial charge in [0, 0.05) is 13.8 Å². The van der Waals surface area contributed by atoms with Crippen LogP contribution in [-0.4, -0.2) is 20.0 Å². The van der Waals surface area contributed by atoms with Gasteiger partial charge in [0.2, 0.25) is 5.79 Å². The summed E-state index contributed by atoms with van der Waals surface area (Å²) in [5, 5.41) is 22.5. The molecule has 1 heterocycles. The van der Waals surface area contributed by atoms with E-state index in [0.29, 0.717) is 0 Å². The molecule has 0 bridgehead atoms. The minimum absolute atomic E-state index is 0. The Kier molecular flexibility index (Phi) is 7.79. The summed E-state index contributed by atoms with van der Waals surface area (Å²) in [6, 6.07) is 0. The van der Waals surface area contributed by atoms with E-state index in [1.165, 1.54) is 14.2 Å². The second-order valence-corrected chi connectivity index (χ2v) is 3.25. The van der Waals surface area contributed by atoms with Crippen LogP contribution < -0.4 is 47.9 Å². The van der Waals surface area contributed by atoms with Crippen molar-refractivity contribution in [3.8, 4) is 0 Å². The molecule has 1 aliphatic heterocycles. The van der Waals surface area contributed by atoms with E-state index >= 15 is 0 Å². The topological polar surface area (TPSA) is 83.0 Å². The fraction of sp³-hybridized carbons (Fsp3) is 0.556. The van der Waals surface area contributed by atoms with E-state index in [1.807, 2.05) is 0 Å². The van der Waals surface area contributed by atoms with Crippen LogP contribution in [0, 0.1) is 0 Å². The molecule has 0 aliphatic carbocycles. The van der Waals surface area contributed by atoms with E-state index in [2.05, 4.69) is 9.47 Å². The van der Waals surface area contributed by atoms with Gasteiger partial charge in [-0.2, -0.15) is 0 Å². The van der Waals surface area contributed by atoms with Crippen LogP contribution in [0.3, 0.4) is 0 Å². The number of hydrogen-bond acceptors (Lipinski definition) is 6. The Morgan fingerprint density at radius 2 is 1.24 bits per heavy atom. The van der Waals surface area contributed by atoms with Gasteiger partial charge in [-0.3, -0.25) is 0 Å². The summed E-state index contributed by atoms with van der Waals surface area (Å²) < 4.78 is 19.1. The van der Waals surface area contributed by atoms with Crippen molar-refractivity contribution in [1.29, 1.82) is 0 Å². The molecule has 0 unspecified atom stereocenters. The molecule has 1 rings (SSSR count). The average Bonchev–Trinajstić information content (AvgIpc) is 2.52. The van der Waals surface area contributed by atoms with Crippen LogP contribution in [0.2, 0.25) is 0 Å². The molecule has 1 fully saturated rings. The number of methoxy groups -OCH3 is 2. The standard InChI is InChI=1S/C9H14O6.2Li/c1-9(2)14-5(7(10)12-3)6(15-9)8(11)13-4;;/h10-11H,1-4H3;;/q;2*+1/p-2/b7-5+,8-6+;;. The molecule has 0 aromatic rings. The Balaban J connectivity index is 0. The third kappa shape index (κ3) is 4.33. The Labute approximate surface area is 124 Å². The van der Waals surface area contributed by atoms with E-state index in [-0.39, 0.29) is 49.2 Å². The number of hydrogen-bond donors (Lipinski definition) is 0. The zero-order chi connectivity index (χ0) is 11.6. The van der Waals surface area contributed by atoms with Gasteiger partial charge in [-0.05, 0) is 14.2 Å². The summed E-state index contributed by atoms with van der Waals surface area (Å²) in [5.41, 5.74) is 0. The van der Waals surface area contributed by atoms with Crippen LogP contribution in [-0.2, 0) is 18.9 Å². The normalized spacial score (nSPS) is 22.1. The summed E-state index contributed by atoms with van der Waals surface area (Å²) in [6.07, 6.45) is 0. The van der Waals surface area contributed by atoms with E-state index < -0.39 is 17.7 Å². The summed E-state index contributed by atoms with van der Waals surface area (Å²) in [4.78, 5) is 0. The van der Waals surface area contributed by atoms with Crippen molar-refractivity contribution in [3.05, 3.63) is 23.4 Å². The van der Waals surface area contributed by atoms with E-state index in [0.717, 1.165) is 0 Å². The van der Waals surface area contributed by atoms with Crippen LogP contribution in [0.5, 0.6) is 0 Å². The van der Waals surface area contributed by atoms with Crippen molar-refractivity contribution < 1.29 is 66.9 Å². The monoisotopic (exact) mass is 230 g/mol. The first-order chi connectivity index (χ1) is 6.91. The summed E-state index contributed by atoms with van der Waals surface area (Å²) >= 11 is 0. The fourth-order valence-electron chi connectivity index (χ4n) is 1.06. The van der Waals surface area contributed by atoms with Crippen LogP contribution in [0.1, 0.15) is 13.8 Å². The first kappa shape index (κ1) is 18.8. The molecular formula is C9H12Li2O6. The molecule has 0 atom stereocenters. The van der Waals surface area contributed by atoms with E-state index in [1.54, 1.807) is 13.8 Å². The molecule has 86 valence electrons. The molecule has 17 heavy (non-hydrogen) atoms. The first-order valence-electron chi connectivity index (χ1n) is 4.20. The van der Waals surface area contributed by atoms with Crippen molar-refractivity contribution in [2.75, 3.05) is 14.2 Å². The van der Waals surface area contributed by atoms with Crippen LogP contribution in [0.4, 0.5) is 0 Å². The van der Waals surface area contributed by atoms with Crippen LogP contribution >= 0.6 is 0 Å². The van der Waals surface area contributed by atoms with Gasteiger partial charge in [-0.1, -0.05) is 0 Å². The van der Waals surface area contributed by atoms with E-state index in [9.17, 15) is 10.2 Å². The van der Waals surface area contributed by atoms with Crippen molar-refractivity contribution in [1.82, 2.24) is 0 Å². The second-order valence-electron chi connectivity index (χ2n) is 3.25. The molecule has 1 aliphatic rings. The van der Waals surface area contributed by atoms with Gasteiger partial charge in [0.15, 0.2) is 11.5 Å². The summed E-state index contributed by atoms with van der Waals surface area (Å²) in [5.74, 6) is -3.17. The van der Waals surface area contributed by atoms with Gasteiger partial charge in [0.25, 0.3) is 0 Å². The minimum atomic E-state index is -1.08. The molecule has 0 saturated carbocycles. The fourth-order valence-corrected chi connectivity index (χ4v) is 1.06. The Morgan fingerprint density at radius 3 is 1.47 bits per heavy atom. The van der Waals surface area contributed by atoms with Crippen molar-refractivity contribution >= 4 is 0 Å². The summed E-state index contributed by atoms with van der Waals surface area (Å²) in [6.45, 7) is 3.12. The van der Waals surface area contributed by atoms with Gasteiger partial charge >= 0.3 is 37.7 Å². The van der Waals surface area contributed by atoms with Crippen molar-refractivity contribution in [2.24, 2.45) is 0 Å². The Bertz CT molecular complexity index is 293. The smallest absolute Gasteiger partial charge is 0.614 e. The zero-order valence-corrected chi connectivity index (χ0v) is 10.9. The predicted octanol–water partition coefficient (Wildman–Crippen LogP) is -6.87. The molecule has 0 amide bonds. The molecule has 1 saturated heterocycles. The molecule has 6 nitrogen and oxygen atoms in total. The molecule has 0 N–H and O–H groups in total. The van der Waals surface area contributed by atoms with Crippen LogP contribution in [0.25, 0.3) is 0 Å². The maximum atomic E-state index is 11.2. The molecule has 0 aromatic carbocycles. The molecule has 8 heteroatoms. The van der Waals surface area contributed by atoms with Crippen molar-refractivity contribution in [3.63, 3.8) is 0 Å². The SMILES string of the molecule is CO/C([O-])=C1/OC(C)(C)O/C1=C(\[O-])OC.[Li+].[Li+]. The Hall–Kier alpha value is -0.525. The first-order valence-corrected chi connectivity index (χ1v) is 4.20. The maximum absolute atomic E-state index is 11.2. The summed E-state index contributed by atoms with van der Waals surface area (Å²) in [7, 11) is 2.36. The molecule has 0 aromatic heterocycles. The maximum Gasteiger partial charge on any atom is 1.00 e. The molecule has 0 spiro atoms. The predicted molar refractivity (Wildman–Crippen MR) is 44.3 cm³/mol. The van der Waals surface area contributed by atoms with Crippen molar-refractivity contribution in [2.45, 2.75) is 19.6 Å². The number of ether oxygens (including phenoxy) is 4. The number of rotatable bonds is 2.